The minimum absolute atomic E-state index is 0.150. The summed E-state index contributed by atoms with van der Waals surface area (Å²) in [5.74, 6) is -0.942. The second kappa shape index (κ2) is 3.10. The van der Waals surface area contributed by atoms with E-state index < -0.39 is 11.6 Å². The molecule has 5 nitrogen and oxygen atoms in total. The van der Waals surface area contributed by atoms with E-state index in [1.165, 1.54) is 14.0 Å². The van der Waals surface area contributed by atoms with E-state index in [2.05, 4.69) is 4.99 Å². The van der Waals surface area contributed by atoms with Gasteiger partial charge < -0.3 is 14.6 Å². The summed E-state index contributed by atoms with van der Waals surface area (Å²) >= 11 is 0. The Morgan fingerprint density at radius 2 is 2.50 bits per heavy atom. The van der Waals surface area contributed by atoms with Crippen LogP contribution in [0.15, 0.2) is 4.99 Å². The van der Waals surface area contributed by atoms with Gasteiger partial charge in [0.1, 0.15) is 6.61 Å². The molecule has 1 atom stereocenters. The van der Waals surface area contributed by atoms with Crippen LogP contribution in [0.2, 0.25) is 0 Å². The topological polar surface area (TPSA) is 68.1 Å². The summed E-state index contributed by atoms with van der Waals surface area (Å²) in [5.41, 5.74) is -1.43. The molecule has 0 fully saturated rings. The highest BCUT2D eigenvalue weighted by atomic mass is 16.6. The summed E-state index contributed by atoms with van der Waals surface area (Å²) in [6.07, 6.45) is 0. The van der Waals surface area contributed by atoms with Crippen molar-refractivity contribution in [2.45, 2.75) is 12.5 Å². The number of methoxy groups -OCH3 is 1. The molecule has 5 heteroatoms. The fourth-order valence-electron chi connectivity index (χ4n) is 0.890. The molecule has 0 aromatic carbocycles. The van der Waals surface area contributed by atoms with Crippen LogP contribution in [0.3, 0.4) is 0 Å². The molecule has 0 saturated carbocycles. The maximum absolute atomic E-state index is 10.8. The first-order valence-electron chi connectivity index (χ1n) is 3.57. The number of aliphatic imine (C=N–C) groups is 1. The van der Waals surface area contributed by atoms with Crippen LogP contribution in [0.1, 0.15) is 6.92 Å². The molecule has 1 rings (SSSR count). The average molecular weight is 173 g/mol. The molecule has 68 valence electrons. The van der Waals surface area contributed by atoms with Gasteiger partial charge in [-0.25, -0.2) is 9.79 Å². The molecular formula is C7H11NO4. The number of aliphatic carboxylic acids is 1. The first-order chi connectivity index (χ1) is 5.61. The van der Waals surface area contributed by atoms with Gasteiger partial charge in [0, 0.05) is 7.11 Å². The van der Waals surface area contributed by atoms with Gasteiger partial charge in [0.15, 0.2) is 0 Å². The zero-order chi connectivity index (χ0) is 9.19. The van der Waals surface area contributed by atoms with Crippen LogP contribution in [-0.2, 0) is 14.3 Å². The molecule has 0 amide bonds. The molecule has 12 heavy (non-hydrogen) atoms. The molecule has 0 aromatic heterocycles. The number of carboxylic acids is 1. The second-order valence-corrected chi connectivity index (χ2v) is 2.58. The third kappa shape index (κ3) is 1.27. The number of carbonyl (C=O) groups is 1. The number of ether oxygens (including phenoxy) is 2. The van der Waals surface area contributed by atoms with Crippen molar-refractivity contribution in [3.8, 4) is 0 Å². The quantitative estimate of drug-likeness (QED) is 0.647. The van der Waals surface area contributed by atoms with Crippen LogP contribution in [0.4, 0.5) is 0 Å². The Hall–Kier alpha value is -1.10. The van der Waals surface area contributed by atoms with Gasteiger partial charge in [-0.05, 0) is 6.92 Å². The Morgan fingerprint density at radius 1 is 1.83 bits per heavy atom. The number of carboxylic acid groups (broad SMARTS) is 1. The lowest BCUT2D eigenvalue weighted by Gasteiger charge is -2.21. The Kier molecular flexibility index (Phi) is 2.32. The lowest BCUT2D eigenvalue weighted by molar-refractivity contribution is -0.153. The molecule has 1 unspecified atom stereocenters. The van der Waals surface area contributed by atoms with Gasteiger partial charge in [-0.2, -0.15) is 0 Å². The number of hydrogen-bond acceptors (Lipinski definition) is 4. The highest BCUT2D eigenvalue weighted by molar-refractivity contribution is 6.05. The highest BCUT2D eigenvalue weighted by Gasteiger charge is 2.42. The van der Waals surface area contributed by atoms with Crippen molar-refractivity contribution in [2.24, 2.45) is 4.99 Å². The lowest BCUT2D eigenvalue weighted by atomic mass is 10.1. The molecular weight excluding hydrogens is 162 g/mol. The second-order valence-electron chi connectivity index (χ2n) is 2.58. The highest BCUT2D eigenvalue weighted by Crippen LogP contribution is 2.16. The summed E-state index contributed by atoms with van der Waals surface area (Å²) in [6.45, 7) is 2.35. The van der Waals surface area contributed by atoms with Crippen molar-refractivity contribution >= 4 is 11.9 Å². The van der Waals surface area contributed by atoms with Crippen LogP contribution in [0.25, 0.3) is 0 Å². The Bertz CT molecular complexity index is 225. The maximum Gasteiger partial charge on any atom is 0.345 e. The normalized spacial score (nSPS) is 21.0. The molecule has 1 aliphatic heterocycles. The van der Waals surface area contributed by atoms with Crippen LogP contribution < -0.4 is 0 Å². The van der Waals surface area contributed by atoms with E-state index in [0.717, 1.165) is 0 Å². The van der Waals surface area contributed by atoms with Gasteiger partial charge in [0.25, 0.3) is 0 Å². The zero-order valence-corrected chi connectivity index (χ0v) is 7.03. The minimum Gasteiger partial charge on any atom is -0.479 e. The molecule has 0 bridgehead atoms. The Labute approximate surface area is 70.0 Å². The lowest BCUT2D eigenvalue weighted by Crippen LogP contribution is -2.45. The van der Waals surface area contributed by atoms with E-state index in [9.17, 15) is 4.79 Å². The number of nitrogens with zero attached hydrogens (tertiary/aromatic N) is 1. The van der Waals surface area contributed by atoms with Crippen LogP contribution in [-0.4, -0.2) is 42.8 Å². The van der Waals surface area contributed by atoms with Crippen molar-refractivity contribution in [3.05, 3.63) is 0 Å². The molecule has 0 radical (unpaired) electrons. The van der Waals surface area contributed by atoms with Gasteiger partial charge in [-0.15, -0.1) is 0 Å². The molecule has 1 N–H and O–H groups in total. The van der Waals surface area contributed by atoms with Gasteiger partial charge in [-0.3, -0.25) is 0 Å². The molecule has 0 aromatic rings. The summed E-state index contributed by atoms with van der Waals surface area (Å²) < 4.78 is 9.84. The molecule has 0 aliphatic carbocycles. The van der Waals surface area contributed by atoms with E-state index in [1.807, 2.05) is 0 Å². The first kappa shape index (κ1) is 8.99. The average Bonchev–Trinajstić information content (AvgIpc) is 2.54. The van der Waals surface area contributed by atoms with Crippen molar-refractivity contribution in [2.75, 3.05) is 20.3 Å². The molecule has 0 spiro atoms. The molecule has 0 saturated heterocycles. The van der Waals surface area contributed by atoms with Gasteiger partial charge in [0.05, 0.1) is 6.54 Å². The molecule has 1 heterocycles. The van der Waals surface area contributed by atoms with E-state index in [1.54, 1.807) is 0 Å². The Morgan fingerprint density at radius 3 is 2.83 bits per heavy atom. The largest absolute Gasteiger partial charge is 0.479 e. The predicted octanol–water partition coefficient (Wildman–Crippen LogP) is -0.0952. The fourth-order valence-corrected chi connectivity index (χ4v) is 0.890. The third-order valence-corrected chi connectivity index (χ3v) is 1.81. The fraction of sp³-hybridized carbons (Fsp3) is 0.714. The number of hydrogen-bond donors (Lipinski definition) is 1. The Balaban J connectivity index is 2.85. The maximum atomic E-state index is 10.8. The van der Waals surface area contributed by atoms with Gasteiger partial charge in [0.2, 0.25) is 11.5 Å². The van der Waals surface area contributed by atoms with Gasteiger partial charge >= 0.3 is 5.97 Å². The number of rotatable bonds is 3. The summed E-state index contributed by atoms with van der Waals surface area (Å²) in [7, 11) is 1.32. The monoisotopic (exact) mass is 173 g/mol. The summed E-state index contributed by atoms with van der Waals surface area (Å²) in [6, 6.07) is 0. The first-order valence-corrected chi connectivity index (χ1v) is 3.57. The standard InChI is InChI=1S/C7H11NO4/c1-7(11-2,6(9)10)5-8-3-4-12-5/h3-4H2,1-2H3,(H,9,10). The van der Waals surface area contributed by atoms with E-state index in [4.69, 9.17) is 14.6 Å². The van der Waals surface area contributed by atoms with Crippen molar-refractivity contribution in [1.29, 1.82) is 0 Å². The van der Waals surface area contributed by atoms with Crippen LogP contribution >= 0.6 is 0 Å². The van der Waals surface area contributed by atoms with Crippen LogP contribution in [0, 0.1) is 0 Å². The van der Waals surface area contributed by atoms with E-state index in [0.29, 0.717) is 13.2 Å². The zero-order valence-electron chi connectivity index (χ0n) is 7.03. The van der Waals surface area contributed by atoms with Crippen molar-refractivity contribution < 1.29 is 19.4 Å². The SMILES string of the molecule is COC(C)(C(=O)O)C1=NCCO1. The third-order valence-electron chi connectivity index (χ3n) is 1.81. The van der Waals surface area contributed by atoms with E-state index in [-0.39, 0.29) is 5.90 Å². The summed E-state index contributed by atoms with van der Waals surface area (Å²) in [5, 5.41) is 8.81. The van der Waals surface area contributed by atoms with Gasteiger partial charge in [-0.1, -0.05) is 0 Å². The van der Waals surface area contributed by atoms with Crippen molar-refractivity contribution in [1.82, 2.24) is 0 Å². The van der Waals surface area contributed by atoms with E-state index >= 15 is 0 Å². The van der Waals surface area contributed by atoms with Crippen LogP contribution in [0.5, 0.6) is 0 Å². The molecule has 1 aliphatic rings. The predicted molar refractivity (Wildman–Crippen MR) is 41.3 cm³/mol. The minimum atomic E-state index is -1.43. The van der Waals surface area contributed by atoms with Crippen molar-refractivity contribution in [3.63, 3.8) is 0 Å². The smallest absolute Gasteiger partial charge is 0.345 e. The summed E-state index contributed by atoms with van der Waals surface area (Å²) in [4.78, 5) is 14.6.